The first-order chi connectivity index (χ1) is 3.71. The Labute approximate surface area is 47.3 Å². The van der Waals surface area contributed by atoms with Gasteiger partial charge in [-0.25, -0.2) is 0 Å². The topological polar surface area (TPSA) is 55.7 Å². The molecule has 1 heterocycles. The molecule has 0 aromatic heterocycles. The summed E-state index contributed by atoms with van der Waals surface area (Å²) in [6.45, 7) is 0.623. The van der Waals surface area contributed by atoms with Crippen LogP contribution >= 0.6 is 0 Å². The molecule has 0 fully saturated rings. The molecule has 0 aliphatic carbocycles. The lowest BCUT2D eigenvalue weighted by molar-refractivity contribution is 0.332. The van der Waals surface area contributed by atoms with E-state index in [9.17, 15) is 8.42 Å². The highest BCUT2D eigenvalue weighted by Gasteiger charge is 2.09. The Bertz CT molecular complexity index is 193. The second-order valence-corrected chi connectivity index (χ2v) is 2.76. The van der Waals surface area contributed by atoms with Crippen molar-refractivity contribution in [3.63, 3.8) is 0 Å². The highest BCUT2D eigenvalue weighted by molar-refractivity contribution is 8.00. The maximum atomic E-state index is 10.3. The van der Waals surface area contributed by atoms with Crippen LogP contribution < -0.4 is 0 Å². The third-order valence-corrected chi connectivity index (χ3v) is 1.57. The number of hydrogen-bond donors (Lipinski definition) is 0. The summed E-state index contributed by atoms with van der Waals surface area (Å²) in [6, 6.07) is 0. The van der Waals surface area contributed by atoms with Gasteiger partial charge in [0, 0.05) is 0 Å². The molecule has 5 heteroatoms. The van der Waals surface area contributed by atoms with Crippen molar-refractivity contribution < 1.29 is 12.6 Å². The zero-order valence-corrected chi connectivity index (χ0v) is 4.89. The first-order valence-corrected chi connectivity index (χ1v) is 3.57. The molecule has 1 aliphatic heterocycles. The zero-order chi connectivity index (χ0) is 6.04. The zero-order valence-electron chi connectivity index (χ0n) is 4.07. The molecular weight excluding hydrogens is 130 g/mol. The lowest BCUT2D eigenvalue weighted by Crippen LogP contribution is -2.14. The van der Waals surface area contributed by atoms with Crippen LogP contribution in [-0.4, -0.2) is 27.1 Å². The van der Waals surface area contributed by atoms with Gasteiger partial charge < -0.3 is 0 Å². The molecule has 46 valence electrons. The molecule has 0 radical (unpaired) electrons. The van der Waals surface area contributed by atoms with E-state index in [2.05, 4.69) is 9.18 Å². The van der Waals surface area contributed by atoms with Crippen molar-refractivity contribution in [2.45, 2.75) is 0 Å². The van der Waals surface area contributed by atoms with Crippen LogP contribution in [-0.2, 0) is 14.3 Å². The lowest BCUT2D eigenvalue weighted by atomic mass is 10.7. The van der Waals surface area contributed by atoms with Gasteiger partial charge in [0.15, 0.2) is 0 Å². The second kappa shape index (κ2) is 1.83. The highest BCUT2D eigenvalue weighted by atomic mass is 32.2. The SMILES string of the molecule is O=S1(=O)C=NCCO1. The van der Waals surface area contributed by atoms with E-state index in [0.717, 1.165) is 5.55 Å². The van der Waals surface area contributed by atoms with Crippen molar-refractivity contribution in [1.29, 1.82) is 0 Å². The third kappa shape index (κ3) is 1.28. The Morgan fingerprint density at radius 1 is 1.62 bits per heavy atom. The average molecular weight is 135 g/mol. The minimum Gasteiger partial charge on any atom is -0.276 e. The van der Waals surface area contributed by atoms with Gasteiger partial charge in [0.2, 0.25) is 0 Å². The quantitative estimate of drug-likeness (QED) is 0.416. The van der Waals surface area contributed by atoms with E-state index in [1.54, 1.807) is 0 Å². The highest BCUT2D eigenvalue weighted by Crippen LogP contribution is 1.93. The number of nitrogens with zero attached hydrogens (tertiary/aromatic N) is 1. The molecule has 0 unspecified atom stereocenters. The summed E-state index contributed by atoms with van der Waals surface area (Å²) in [5.41, 5.74) is 0.830. The van der Waals surface area contributed by atoms with Crippen LogP contribution in [0.1, 0.15) is 0 Å². The molecule has 0 spiro atoms. The summed E-state index contributed by atoms with van der Waals surface area (Å²) in [7, 11) is -3.37. The molecule has 0 atom stereocenters. The van der Waals surface area contributed by atoms with E-state index in [-0.39, 0.29) is 6.61 Å². The molecule has 0 saturated heterocycles. The van der Waals surface area contributed by atoms with Crippen molar-refractivity contribution in [2.75, 3.05) is 13.2 Å². The molecule has 0 saturated carbocycles. The van der Waals surface area contributed by atoms with Crippen LogP contribution in [0.4, 0.5) is 0 Å². The van der Waals surface area contributed by atoms with E-state index >= 15 is 0 Å². The smallest absolute Gasteiger partial charge is 0.276 e. The van der Waals surface area contributed by atoms with Crippen molar-refractivity contribution in [1.82, 2.24) is 0 Å². The van der Waals surface area contributed by atoms with Crippen molar-refractivity contribution in [3.05, 3.63) is 0 Å². The molecule has 0 aromatic rings. The normalized spacial score (nSPS) is 25.5. The Balaban J connectivity index is 2.87. The maximum absolute atomic E-state index is 10.3. The summed E-state index contributed by atoms with van der Waals surface area (Å²) in [4.78, 5) is 3.49. The third-order valence-electron chi connectivity index (χ3n) is 0.672. The number of hydrogen-bond acceptors (Lipinski definition) is 4. The van der Waals surface area contributed by atoms with Crippen LogP contribution in [0.3, 0.4) is 0 Å². The number of rotatable bonds is 0. The van der Waals surface area contributed by atoms with E-state index in [1.165, 1.54) is 0 Å². The van der Waals surface area contributed by atoms with Gasteiger partial charge in [0.1, 0.15) is 5.55 Å². The summed E-state index contributed by atoms with van der Waals surface area (Å²) in [5.74, 6) is 0. The lowest BCUT2D eigenvalue weighted by Gasteiger charge is -2.01. The van der Waals surface area contributed by atoms with Crippen LogP contribution in [0.25, 0.3) is 0 Å². The first-order valence-electron chi connectivity index (χ1n) is 2.10. The Hall–Kier alpha value is -0.420. The van der Waals surface area contributed by atoms with Crippen LogP contribution in [0.5, 0.6) is 0 Å². The summed E-state index contributed by atoms with van der Waals surface area (Å²) >= 11 is 0. The minimum atomic E-state index is -3.37. The van der Waals surface area contributed by atoms with Gasteiger partial charge in [-0.05, 0) is 0 Å². The van der Waals surface area contributed by atoms with Gasteiger partial charge >= 0.3 is 10.1 Å². The fourth-order valence-corrected chi connectivity index (χ4v) is 1.04. The molecule has 4 nitrogen and oxygen atoms in total. The van der Waals surface area contributed by atoms with E-state index in [1.807, 2.05) is 0 Å². The summed E-state index contributed by atoms with van der Waals surface area (Å²) in [5, 5.41) is 0. The van der Waals surface area contributed by atoms with Gasteiger partial charge in [-0.2, -0.15) is 8.42 Å². The van der Waals surface area contributed by atoms with Gasteiger partial charge in [-0.15, -0.1) is 0 Å². The maximum Gasteiger partial charge on any atom is 0.307 e. The molecule has 0 aromatic carbocycles. The fraction of sp³-hybridized carbons (Fsp3) is 0.667. The fourth-order valence-electron chi connectivity index (χ4n) is 0.381. The Morgan fingerprint density at radius 3 is 2.62 bits per heavy atom. The minimum absolute atomic E-state index is 0.179. The Kier molecular flexibility index (Phi) is 1.31. The predicted octanol–water partition coefficient (Wildman–Crippen LogP) is -0.625. The summed E-state index contributed by atoms with van der Waals surface area (Å²) in [6.07, 6.45) is 0. The predicted molar refractivity (Wildman–Crippen MR) is 28.2 cm³/mol. The summed E-state index contributed by atoms with van der Waals surface area (Å²) < 4.78 is 24.8. The van der Waals surface area contributed by atoms with Crippen LogP contribution in [0.15, 0.2) is 4.99 Å². The van der Waals surface area contributed by atoms with Crippen molar-refractivity contribution in [2.24, 2.45) is 4.99 Å². The van der Waals surface area contributed by atoms with Crippen molar-refractivity contribution in [3.8, 4) is 0 Å². The molecule has 8 heavy (non-hydrogen) atoms. The average Bonchev–Trinajstić information content (AvgIpc) is 1.65. The monoisotopic (exact) mass is 135 g/mol. The first kappa shape index (κ1) is 5.71. The molecule has 0 bridgehead atoms. The second-order valence-electron chi connectivity index (χ2n) is 1.33. The van der Waals surface area contributed by atoms with E-state index in [0.29, 0.717) is 6.54 Å². The molecule has 0 amide bonds. The van der Waals surface area contributed by atoms with Gasteiger partial charge in [-0.1, -0.05) is 0 Å². The van der Waals surface area contributed by atoms with Crippen LogP contribution in [0.2, 0.25) is 0 Å². The van der Waals surface area contributed by atoms with E-state index in [4.69, 9.17) is 0 Å². The van der Waals surface area contributed by atoms with Crippen LogP contribution in [0, 0.1) is 0 Å². The van der Waals surface area contributed by atoms with Crippen molar-refractivity contribution >= 4 is 15.7 Å². The standard InChI is InChI=1S/C3H5NO3S/c5-8(6)3-4-1-2-7-8/h3H,1-2H2. The Morgan fingerprint density at radius 2 is 2.38 bits per heavy atom. The largest absolute Gasteiger partial charge is 0.307 e. The molecule has 1 rings (SSSR count). The van der Waals surface area contributed by atoms with Gasteiger partial charge in [-0.3, -0.25) is 9.18 Å². The van der Waals surface area contributed by atoms with Gasteiger partial charge in [0.05, 0.1) is 13.2 Å². The molecule has 1 aliphatic rings. The van der Waals surface area contributed by atoms with E-state index < -0.39 is 10.1 Å². The molecular formula is C3H5NO3S. The molecule has 0 N–H and O–H groups in total. The number of aliphatic imine (C=N–C) groups is 1. The van der Waals surface area contributed by atoms with Gasteiger partial charge in [0.25, 0.3) is 0 Å².